The number of carbonyl (C=O) groups is 1. The molecule has 1 heterocycles. The molecule has 15 heavy (non-hydrogen) atoms. The zero-order valence-electron chi connectivity index (χ0n) is 8.82. The zero-order valence-corrected chi connectivity index (χ0v) is 8.82. The molecule has 2 nitrogen and oxygen atoms in total. The van der Waals surface area contributed by atoms with Gasteiger partial charge >= 0.3 is 0 Å². The molecule has 0 spiro atoms. The number of hydrogen-bond donors (Lipinski definition) is 0. The van der Waals surface area contributed by atoms with E-state index >= 15 is 0 Å². The van der Waals surface area contributed by atoms with Crippen LogP contribution < -0.4 is 4.74 Å². The molecule has 0 unspecified atom stereocenters. The zero-order chi connectivity index (χ0) is 10.4. The number of ether oxygens (including phenoxy) is 1. The van der Waals surface area contributed by atoms with E-state index in [0.717, 1.165) is 25.2 Å². The molecular weight excluding hydrogens is 188 g/mol. The standard InChI is InChI=1S/C13H14O2/c1-8(14)11-7-12(11)9-2-3-13-10(6-9)4-5-15-13/h2-3,6,11-12H,4-5,7H2,1H3/t11-,12+/m1/s1. The lowest BCUT2D eigenvalue weighted by Crippen LogP contribution is -1.95. The van der Waals surface area contributed by atoms with Crippen LogP contribution in [0.15, 0.2) is 18.2 Å². The molecule has 3 rings (SSSR count). The van der Waals surface area contributed by atoms with Crippen molar-refractivity contribution in [2.24, 2.45) is 5.92 Å². The number of benzene rings is 1. The number of rotatable bonds is 2. The Morgan fingerprint density at radius 3 is 3.07 bits per heavy atom. The Bertz CT molecular complexity index is 423. The summed E-state index contributed by atoms with van der Waals surface area (Å²) in [5.74, 6) is 2.12. The number of carbonyl (C=O) groups excluding carboxylic acids is 1. The Kier molecular flexibility index (Phi) is 1.84. The molecule has 1 aliphatic carbocycles. The summed E-state index contributed by atoms with van der Waals surface area (Å²) in [5.41, 5.74) is 2.63. The van der Waals surface area contributed by atoms with Crippen LogP contribution in [0.4, 0.5) is 0 Å². The van der Waals surface area contributed by atoms with Crippen molar-refractivity contribution in [3.63, 3.8) is 0 Å². The quantitative estimate of drug-likeness (QED) is 0.735. The van der Waals surface area contributed by atoms with Gasteiger partial charge in [0.1, 0.15) is 11.5 Å². The van der Waals surface area contributed by atoms with Crippen molar-refractivity contribution in [2.45, 2.75) is 25.7 Å². The monoisotopic (exact) mass is 202 g/mol. The second kappa shape index (κ2) is 3.09. The molecule has 0 saturated heterocycles. The third kappa shape index (κ3) is 1.44. The molecule has 2 heteroatoms. The van der Waals surface area contributed by atoms with Crippen LogP contribution in [-0.2, 0) is 11.2 Å². The minimum absolute atomic E-state index is 0.283. The van der Waals surface area contributed by atoms with Gasteiger partial charge in [-0.15, -0.1) is 0 Å². The van der Waals surface area contributed by atoms with Crippen LogP contribution in [0.2, 0.25) is 0 Å². The molecule has 2 atom stereocenters. The van der Waals surface area contributed by atoms with Crippen molar-refractivity contribution in [1.82, 2.24) is 0 Å². The van der Waals surface area contributed by atoms with E-state index in [1.54, 1.807) is 6.92 Å². The van der Waals surface area contributed by atoms with E-state index in [2.05, 4.69) is 12.1 Å². The first-order valence-electron chi connectivity index (χ1n) is 5.52. The van der Waals surface area contributed by atoms with Crippen molar-refractivity contribution >= 4 is 5.78 Å². The van der Waals surface area contributed by atoms with Gasteiger partial charge in [0.2, 0.25) is 0 Å². The summed E-state index contributed by atoms with van der Waals surface area (Å²) in [6, 6.07) is 6.38. The fourth-order valence-electron chi connectivity index (χ4n) is 2.45. The highest BCUT2D eigenvalue weighted by Crippen LogP contribution is 2.48. The number of hydrogen-bond acceptors (Lipinski definition) is 2. The van der Waals surface area contributed by atoms with Gasteiger partial charge in [0.15, 0.2) is 0 Å². The van der Waals surface area contributed by atoms with Crippen LogP contribution in [0.1, 0.15) is 30.4 Å². The van der Waals surface area contributed by atoms with Crippen molar-refractivity contribution in [2.75, 3.05) is 6.61 Å². The average Bonchev–Trinajstić information content (AvgIpc) is 2.89. The van der Waals surface area contributed by atoms with Gasteiger partial charge in [0, 0.05) is 12.3 Å². The Hall–Kier alpha value is -1.31. The van der Waals surface area contributed by atoms with E-state index in [1.165, 1.54) is 11.1 Å². The second-order valence-corrected chi connectivity index (χ2v) is 4.52. The first-order chi connectivity index (χ1) is 7.25. The van der Waals surface area contributed by atoms with Crippen LogP contribution in [0, 0.1) is 5.92 Å². The average molecular weight is 202 g/mol. The maximum absolute atomic E-state index is 11.2. The van der Waals surface area contributed by atoms with Gasteiger partial charge in [0.25, 0.3) is 0 Å². The van der Waals surface area contributed by atoms with E-state index in [4.69, 9.17) is 4.74 Å². The van der Waals surface area contributed by atoms with Gasteiger partial charge in [-0.3, -0.25) is 4.79 Å². The summed E-state index contributed by atoms with van der Waals surface area (Å²) >= 11 is 0. The summed E-state index contributed by atoms with van der Waals surface area (Å²) in [5, 5.41) is 0. The van der Waals surface area contributed by atoms with Gasteiger partial charge in [0.05, 0.1) is 6.61 Å². The summed E-state index contributed by atoms with van der Waals surface area (Å²) in [7, 11) is 0. The van der Waals surface area contributed by atoms with Gasteiger partial charge in [-0.2, -0.15) is 0 Å². The van der Waals surface area contributed by atoms with E-state index < -0.39 is 0 Å². The third-order valence-electron chi connectivity index (χ3n) is 3.45. The molecule has 0 N–H and O–H groups in total. The molecule has 1 aromatic carbocycles. The molecule has 78 valence electrons. The Labute approximate surface area is 89.2 Å². The predicted molar refractivity (Wildman–Crippen MR) is 57.2 cm³/mol. The topological polar surface area (TPSA) is 26.3 Å². The fraction of sp³-hybridized carbons (Fsp3) is 0.462. The molecule has 1 aromatic rings. The fourth-order valence-corrected chi connectivity index (χ4v) is 2.45. The minimum atomic E-state index is 0.283. The summed E-state index contributed by atoms with van der Waals surface area (Å²) in [6.45, 7) is 2.50. The molecule has 1 saturated carbocycles. The highest BCUT2D eigenvalue weighted by molar-refractivity contribution is 5.82. The van der Waals surface area contributed by atoms with E-state index in [0.29, 0.717) is 11.7 Å². The van der Waals surface area contributed by atoms with Crippen LogP contribution in [0.25, 0.3) is 0 Å². The number of ketones is 1. The summed E-state index contributed by atoms with van der Waals surface area (Å²) < 4.78 is 5.46. The normalized spacial score (nSPS) is 27.0. The highest BCUT2D eigenvalue weighted by atomic mass is 16.5. The Morgan fingerprint density at radius 2 is 2.33 bits per heavy atom. The van der Waals surface area contributed by atoms with E-state index in [-0.39, 0.29) is 5.92 Å². The van der Waals surface area contributed by atoms with Crippen molar-refractivity contribution in [1.29, 1.82) is 0 Å². The first-order valence-corrected chi connectivity index (χ1v) is 5.52. The molecule has 2 aliphatic rings. The maximum Gasteiger partial charge on any atom is 0.133 e. The SMILES string of the molecule is CC(=O)[C@H]1C[C@H]1c1ccc2c(c1)CCO2. The van der Waals surface area contributed by atoms with E-state index in [1.807, 2.05) is 6.07 Å². The smallest absolute Gasteiger partial charge is 0.133 e. The summed E-state index contributed by atoms with van der Waals surface area (Å²) in [4.78, 5) is 11.2. The predicted octanol–water partition coefficient (Wildman–Crippen LogP) is 2.31. The Balaban J connectivity index is 1.86. The molecule has 0 radical (unpaired) electrons. The van der Waals surface area contributed by atoms with Crippen molar-refractivity contribution in [3.05, 3.63) is 29.3 Å². The molecule has 1 fully saturated rings. The van der Waals surface area contributed by atoms with Crippen LogP contribution in [0.3, 0.4) is 0 Å². The van der Waals surface area contributed by atoms with Crippen molar-refractivity contribution < 1.29 is 9.53 Å². The van der Waals surface area contributed by atoms with E-state index in [9.17, 15) is 4.79 Å². The molecule has 1 aliphatic heterocycles. The number of fused-ring (bicyclic) bond motifs is 1. The summed E-state index contributed by atoms with van der Waals surface area (Å²) in [6.07, 6.45) is 2.05. The van der Waals surface area contributed by atoms with Gasteiger partial charge < -0.3 is 4.74 Å². The molecule has 0 aromatic heterocycles. The Morgan fingerprint density at radius 1 is 1.47 bits per heavy atom. The molecule has 0 bridgehead atoms. The molecular formula is C13H14O2. The van der Waals surface area contributed by atoms with Gasteiger partial charge in [-0.25, -0.2) is 0 Å². The third-order valence-corrected chi connectivity index (χ3v) is 3.45. The van der Waals surface area contributed by atoms with Crippen molar-refractivity contribution in [3.8, 4) is 5.75 Å². The lowest BCUT2D eigenvalue weighted by atomic mass is 10.0. The molecule has 0 amide bonds. The largest absolute Gasteiger partial charge is 0.493 e. The number of Topliss-reactive ketones (excluding diaryl/α,β-unsaturated/α-hetero) is 1. The van der Waals surface area contributed by atoms with Gasteiger partial charge in [-0.05, 0) is 36.5 Å². The van der Waals surface area contributed by atoms with Crippen LogP contribution >= 0.6 is 0 Å². The highest BCUT2D eigenvalue weighted by Gasteiger charge is 2.41. The first kappa shape index (κ1) is 8.96. The lowest BCUT2D eigenvalue weighted by Gasteiger charge is -2.02. The van der Waals surface area contributed by atoms with Gasteiger partial charge in [-0.1, -0.05) is 12.1 Å². The lowest BCUT2D eigenvalue weighted by molar-refractivity contribution is -0.118. The van der Waals surface area contributed by atoms with Crippen LogP contribution in [-0.4, -0.2) is 12.4 Å². The minimum Gasteiger partial charge on any atom is -0.493 e. The second-order valence-electron chi connectivity index (χ2n) is 4.52. The van der Waals surface area contributed by atoms with Crippen LogP contribution in [0.5, 0.6) is 5.75 Å². The maximum atomic E-state index is 11.2.